The Morgan fingerprint density at radius 3 is 1.73 bits per heavy atom. The second-order valence-electron chi connectivity index (χ2n) is 12.3. The van der Waals surface area contributed by atoms with Crippen molar-refractivity contribution in [2.45, 2.75) is 43.8 Å². The Morgan fingerprint density at radius 2 is 1.09 bits per heavy atom. The van der Waals surface area contributed by atoms with Gasteiger partial charge in [0.2, 0.25) is 0 Å². The number of fused-ring (bicyclic) bond motifs is 2. The first kappa shape index (κ1) is 28.1. The summed E-state index contributed by atoms with van der Waals surface area (Å²) in [6.45, 7) is 3.55. The number of nitrogens with zero attached hydrogens (tertiary/aromatic N) is 4. The number of aliphatic imine (C=N–C) groups is 1. The number of amidine groups is 1. The van der Waals surface area contributed by atoms with E-state index in [4.69, 9.17) is 4.99 Å². The van der Waals surface area contributed by atoms with Gasteiger partial charge in [0.25, 0.3) is 0 Å². The molecule has 0 saturated carbocycles. The van der Waals surface area contributed by atoms with Crippen molar-refractivity contribution in [3.05, 3.63) is 143 Å². The Morgan fingerprint density at radius 1 is 0.568 bits per heavy atom. The molecule has 1 saturated heterocycles. The van der Waals surface area contributed by atoms with Crippen LogP contribution in [0.15, 0.2) is 126 Å². The standard InChI is InChI=1S/C38H40N4O2/c43-35-15-11-30(12-16-35)22-33-27-42-34(23-31-13-17-36(44)18-14-31)26-41-32(21-29-9-5-2-6-10-29)25-39-37(41)24-38(42)40(33)20-19-28-7-3-1-4-8-28/h1-18,24,32-34,43-44H,19-23,25-27H2/t32-,33-,34-/m1/s1. The van der Waals surface area contributed by atoms with Gasteiger partial charge >= 0.3 is 0 Å². The predicted octanol–water partition coefficient (Wildman–Crippen LogP) is 5.66. The van der Waals surface area contributed by atoms with E-state index in [1.807, 2.05) is 12.1 Å². The van der Waals surface area contributed by atoms with Crippen LogP contribution in [0, 0.1) is 0 Å². The van der Waals surface area contributed by atoms with Crippen LogP contribution >= 0.6 is 0 Å². The zero-order valence-electron chi connectivity index (χ0n) is 25.0. The Kier molecular flexibility index (Phi) is 7.97. The van der Waals surface area contributed by atoms with Crippen molar-refractivity contribution in [2.24, 2.45) is 4.99 Å². The number of hydrogen-bond acceptors (Lipinski definition) is 6. The summed E-state index contributed by atoms with van der Waals surface area (Å²) in [5, 5.41) is 19.9. The molecular formula is C38H40N4O2. The largest absolute Gasteiger partial charge is 0.508 e. The van der Waals surface area contributed by atoms with Crippen LogP contribution in [0.4, 0.5) is 0 Å². The molecular weight excluding hydrogens is 544 g/mol. The Hall–Kier alpha value is -4.71. The highest BCUT2D eigenvalue weighted by atomic mass is 16.3. The zero-order chi connectivity index (χ0) is 29.9. The number of rotatable bonds is 9. The van der Waals surface area contributed by atoms with Crippen LogP contribution in [0.3, 0.4) is 0 Å². The van der Waals surface area contributed by atoms with Gasteiger partial charge in [0.15, 0.2) is 0 Å². The lowest BCUT2D eigenvalue weighted by atomic mass is 10.0. The molecule has 0 radical (unpaired) electrons. The van der Waals surface area contributed by atoms with Crippen LogP contribution in [-0.2, 0) is 25.7 Å². The SMILES string of the molecule is Oc1ccc(C[C@@H]2CN3C(=CC4=NC[C@@H](Cc5ccccc5)N4C[C@H]3Cc3ccc(O)cc3)N2CCc2ccccc2)cc1. The van der Waals surface area contributed by atoms with E-state index in [2.05, 4.69) is 93.6 Å². The van der Waals surface area contributed by atoms with E-state index in [1.54, 1.807) is 24.3 Å². The number of phenolic OH excluding ortho intramolecular Hbond substituents is 2. The van der Waals surface area contributed by atoms with Gasteiger partial charge in [0, 0.05) is 25.7 Å². The Labute approximate surface area is 260 Å². The number of phenols is 2. The van der Waals surface area contributed by atoms with Gasteiger partial charge < -0.3 is 24.9 Å². The second kappa shape index (κ2) is 12.5. The molecule has 3 atom stereocenters. The normalized spacial score (nSPS) is 21.0. The summed E-state index contributed by atoms with van der Waals surface area (Å²) >= 11 is 0. The molecule has 0 spiro atoms. The summed E-state index contributed by atoms with van der Waals surface area (Å²) in [5.41, 5.74) is 5.14. The monoisotopic (exact) mass is 584 g/mol. The van der Waals surface area contributed by atoms with E-state index < -0.39 is 0 Å². The van der Waals surface area contributed by atoms with E-state index in [-0.39, 0.29) is 6.04 Å². The average molecular weight is 585 g/mol. The maximum absolute atomic E-state index is 9.97. The molecule has 1 fully saturated rings. The molecule has 4 aromatic carbocycles. The average Bonchev–Trinajstić information content (AvgIpc) is 3.54. The molecule has 0 bridgehead atoms. The third-order valence-corrected chi connectivity index (χ3v) is 9.36. The highest BCUT2D eigenvalue weighted by Crippen LogP contribution is 2.35. The Bertz CT molecular complexity index is 1600. The molecule has 4 aromatic rings. The lowest BCUT2D eigenvalue weighted by Gasteiger charge is -2.34. The lowest BCUT2D eigenvalue weighted by molar-refractivity contribution is 0.210. The number of hydrogen-bond donors (Lipinski definition) is 2. The minimum atomic E-state index is 0.249. The summed E-state index contributed by atoms with van der Waals surface area (Å²) in [5.74, 6) is 2.95. The van der Waals surface area contributed by atoms with Crippen molar-refractivity contribution in [3.8, 4) is 11.5 Å². The van der Waals surface area contributed by atoms with E-state index >= 15 is 0 Å². The molecule has 6 nitrogen and oxygen atoms in total. The molecule has 3 aliphatic heterocycles. The fourth-order valence-corrected chi connectivity index (χ4v) is 7.07. The van der Waals surface area contributed by atoms with Crippen molar-refractivity contribution < 1.29 is 10.2 Å². The van der Waals surface area contributed by atoms with Crippen LogP contribution in [0.1, 0.15) is 22.3 Å². The molecule has 2 N–H and O–H groups in total. The van der Waals surface area contributed by atoms with Crippen LogP contribution < -0.4 is 0 Å². The van der Waals surface area contributed by atoms with Gasteiger partial charge in [-0.05, 0) is 72.2 Å². The molecule has 6 heteroatoms. The number of aromatic hydroxyl groups is 2. The fourth-order valence-electron chi connectivity index (χ4n) is 7.07. The topological polar surface area (TPSA) is 62.5 Å². The smallest absolute Gasteiger partial charge is 0.127 e. The summed E-state index contributed by atoms with van der Waals surface area (Å²) in [4.78, 5) is 12.9. The van der Waals surface area contributed by atoms with Crippen molar-refractivity contribution in [1.82, 2.24) is 14.7 Å². The minimum absolute atomic E-state index is 0.249. The first-order chi connectivity index (χ1) is 21.6. The van der Waals surface area contributed by atoms with Crippen molar-refractivity contribution in [3.63, 3.8) is 0 Å². The van der Waals surface area contributed by atoms with Crippen molar-refractivity contribution in [1.29, 1.82) is 0 Å². The molecule has 0 unspecified atom stereocenters. The predicted molar refractivity (Wildman–Crippen MR) is 176 cm³/mol. The van der Waals surface area contributed by atoms with Gasteiger partial charge in [-0.3, -0.25) is 4.99 Å². The molecule has 0 aliphatic carbocycles. The van der Waals surface area contributed by atoms with E-state index in [0.29, 0.717) is 23.6 Å². The summed E-state index contributed by atoms with van der Waals surface area (Å²) in [6.07, 6.45) is 6.08. The van der Waals surface area contributed by atoms with Gasteiger partial charge in [-0.25, -0.2) is 0 Å². The van der Waals surface area contributed by atoms with Crippen LogP contribution in [0.25, 0.3) is 0 Å². The van der Waals surface area contributed by atoms with Gasteiger partial charge in [-0.15, -0.1) is 0 Å². The maximum Gasteiger partial charge on any atom is 0.127 e. The Balaban J connectivity index is 1.23. The second-order valence-corrected chi connectivity index (χ2v) is 12.3. The molecule has 3 aliphatic rings. The third-order valence-electron chi connectivity index (χ3n) is 9.36. The lowest BCUT2D eigenvalue weighted by Crippen LogP contribution is -2.46. The fraction of sp³-hybridized carbons (Fsp3) is 0.289. The molecule has 224 valence electrons. The summed E-state index contributed by atoms with van der Waals surface area (Å²) in [7, 11) is 0. The third kappa shape index (κ3) is 6.16. The molecule has 3 heterocycles. The highest BCUT2D eigenvalue weighted by Gasteiger charge is 2.42. The minimum Gasteiger partial charge on any atom is -0.508 e. The van der Waals surface area contributed by atoms with Crippen molar-refractivity contribution >= 4 is 5.84 Å². The quantitative estimate of drug-likeness (QED) is 0.266. The van der Waals surface area contributed by atoms with E-state index in [1.165, 1.54) is 28.1 Å². The number of benzene rings is 4. The van der Waals surface area contributed by atoms with Gasteiger partial charge in [-0.1, -0.05) is 84.9 Å². The van der Waals surface area contributed by atoms with Gasteiger partial charge in [-0.2, -0.15) is 0 Å². The van der Waals surface area contributed by atoms with E-state index in [0.717, 1.165) is 57.7 Å². The summed E-state index contributed by atoms with van der Waals surface area (Å²) in [6, 6.07) is 37.8. The van der Waals surface area contributed by atoms with E-state index in [9.17, 15) is 10.2 Å². The van der Waals surface area contributed by atoms with Crippen LogP contribution in [-0.4, -0.2) is 75.1 Å². The first-order valence-electron chi connectivity index (χ1n) is 15.8. The maximum atomic E-state index is 9.97. The van der Waals surface area contributed by atoms with Gasteiger partial charge in [0.05, 0.1) is 24.7 Å². The molecule has 7 rings (SSSR count). The van der Waals surface area contributed by atoms with Crippen molar-refractivity contribution in [2.75, 3.05) is 26.2 Å². The zero-order valence-corrected chi connectivity index (χ0v) is 25.0. The molecule has 0 amide bonds. The molecule has 0 aromatic heterocycles. The van der Waals surface area contributed by atoms with Crippen LogP contribution in [0.5, 0.6) is 11.5 Å². The summed E-state index contributed by atoms with van der Waals surface area (Å²) < 4.78 is 0. The highest BCUT2D eigenvalue weighted by molar-refractivity contribution is 5.95. The van der Waals surface area contributed by atoms with Gasteiger partial charge in [0.1, 0.15) is 23.2 Å². The first-order valence-corrected chi connectivity index (χ1v) is 15.8. The van der Waals surface area contributed by atoms with Crippen LogP contribution in [0.2, 0.25) is 0 Å². The molecule has 44 heavy (non-hydrogen) atoms.